The third-order valence-electron chi connectivity index (χ3n) is 6.81. The number of carbonyl (C=O) groups is 1. The van der Waals surface area contributed by atoms with Gasteiger partial charge in [0.25, 0.3) is 0 Å². The average molecular weight is 266 g/mol. The van der Waals surface area contributed by atoms with Crippen molar-refractivity contribution in [2.24, 2.45) is 34.5 Å². The smallest absolute Gasteiger partial charge is 0.309 e. The van der Waals surface area contributed by atoms with E-state index in [0.29, 0.717) is 17.8 Å². The van der Waals surface area contributed by atoms with Crippen molar-refractivity contribution in [1.29, 1.82) is 0 Å². The highest BCUT2D eigenvalue weighted by atomic mass is 16.5. The summed E-state index contributed by atoms with van der Waals surface area (Å²) in [7, 11) is 1.50. The van der Waals surface area contributed by atoms with E-state index < -0.39 is 0 Å². The summed E-state index contributed by atoms with van der Waals surface area (Å²) in [5, 5.41) is 10.4. The van der Waals surface area contributed by atoms with Gasteiger partial charge >= 0.3 is 5.97 Å². The van der Waals surface area contributed by atoms with Crippen LogP contribution < -0.4 is 0 Å². The van der Waals surface area contributed by atoms with Crippen LogP contribution in [0.15, 0.2) is 0 Å². The lowest BCUT2D eigenvalue weighted by molar-refractivity contribution is -0.153. The van der Waals surface area contributed by atoms with E-state index in [0.717, 1.165) is 19.3 Å². The minimum Gasteiger partial charge on any atom is -0.469 e. The largest absolute Gasteiger partial charge is 0.469 e. The Balaban J connectivity index is 2.11. The molecule has 3 aliphatic rings. The van der Waals surface area contributed by atoms with Gasteiger partial charge in [-0.05, 0) is 54.3 Å². The standard InChI is InChI=1S/C16H26O3/c1-9(2)16-8-10(17)7-15(3)12(16)6-5-11(16)13(15)14(18)19-4/h9-13,17H,5-8H2,1-4H3/t10?,11-,12+,13-,15+,16+/m1/s1. The third-order valence-corrected chi connectivity index (χ3v) is 6.81. The fourth-order valence-electron chi connectivity index (χ4n) is 6.42. The van der Waals surface area contributed by atoms with Crippen molar-refractivity contribution in [2.75, 3.05) is 7.11 Å². The molecule has 4 bridgehead atoms. The summed E-state index contributed by atoms with van der Waals surface area (Å²) >= 11 is 0. The van der Waals surface area contributed by atoms with Gasteiger partial charge in [0.2, 0.25) is 0 Å². The van der Waals surface area contributed by atoms with Crippen LogP contribution in [-0.2, 0) is 9.53 Å². The molecule has 3 fully saturated rings. The molecule has 3 aliphatic carbocycles. The van der Waals surface area contributed by atoms with E-state index in [2.05, 4.69) is 20.8 Å². The first-order chi connectivity index (χ1) is 8.87. The van der Waals surface area contributed by atoms with Gasteiger partial charge < -0.3 is 9.84 Å². The van der Waals surface area contributed by atoms with Crippen LogP contribution in [0.2, 0.25) is 0 Å². The lowest BCUT2D eigenvalue weighted by Crippen LogP contribution is -2.46. The highest BCUT2D eigenvalue weighted by Crippen LogP contribution is 2.76. The lowest BCUT2D eigenvalue weighted by atomic mass is 9.56. The van der Waals surface area contributed by atoms with Gasteiger partial charge in [-0.2, -0.15) is 0 Å². The number of methoxy groups -OCH3 is 1. The minimum absolute atomic E-state index is 0.00389. The van der Waals surface area contributed by atoms with Gasteiger partial charge in [-0.3, -0.25) is 4.79 Å². The molecule has 3 heteroatoms. The second kappa shape index (κ2) is 3.97. The molecule has 0 aromatic heterocycles. The number of hydrogen-bond donors (Lipinski definition) is 1. The van der Waals surface area contributed by atoms with Gasteiger partial charge in [-0.1, -0.05) is 20.8 Å². The monoisotopic (exact) mass is 266 g/mol. The maximum Gasteiger partial charge on any atom is 0.309 e. The zero-order valence-electron chi connectivity index (χ0n) is 12.5. The Bertz CT molecular complexity index is 405. The quantitative estimate of drug-likeness (QED) is 0.782. The Kier molecular flexibility index (Phi) is 2.80. The first-order valence-electron chi connectivity index (χ1n) is 7.63. The van der Waals surface area contributed by atoms with Crippen LogP contribution in [-0.4, -0.2) is 24.3 Å². The summed E-state index contributed by atoms with van der Waals surface area (Å²) in [5.74, 6) is 1.46. The Hall–Kier alpha value is -0.570. The van der Waals surface area contributed by atoms with Crippen LogP contribution >= 0.6 is 0 Å². The number of ether oxygens (including phenoxy) is 1. The van der Waals surface area contributed by atoms with E-state index in [-0.39, 0.29) is 28.8 Å². The molecular formula is C16H26O3. The van der Waals surface area contributed by atoms with E-state index in [9.17, 15) is 9.90 Å². The van der Waals surface area contributed by atoms with E-state index in [1.54, 1.807) is 0 Å². The van der Waals surface area contributed by atoms with Gasteiger partial charge in [0, 0.05) is 0 Å². The van der Waals surface area contributed by atoms with Crippen molar-refractivity contribution in [1.82, 2.24) is 0 Å². The predicted octanol–water partition coefficient (Wildman–Crippen LogP) is 2.62. The Morgan fingerprint density at radius 1 is 1.32 bits per heavy atom. The molecule has 6 atom stereocenters. The molecule has 0 amide bonds. The van der Waals surface area contributed by atoms with Crippen molar-refractivity contribution < 1.29 is 14.6 Å². The number of aliphatic hydroxyl groups is 1. The molecule has 1 unspecified atom stereocenters. The average Bonchev–Trinajstić information content (AvgIpc) is 2.75. The first-order valence-corrected chi connectivity index (χ1v) is 7.63. The van der Waals surface area contributed by atoms with Crippen molar-refractivity contribution >= 4 is 5.97 Å². The molecule has 0 aromatic rings. The van der Waals surface area contributed by atoms with E-state index in [1.807, 2.05) is 0 Å². The summed E-state index contributed by atoms with van der Waals surface area (Å²) in [6, 6.07) is 0. The summed E-state index contributed by atoms with van der Waals surface area (Å²) < 4.78 is 5.10. The number of aliphatic hydroxyl groups excluding tert-OH is 1. The first kappa shape index (κ1) is 13.4. The zero-order valence-corrected chi connectivity index (χ0v) is 12.5. The molecule has 19 heavy (non-hydrogen) atoms. The summed E-state index contributed by atoms with van der Waals surface area (Å²) in [5.41, 5.74) is 0.100. The summed E-state index contributed by atoms with van der Waals surface area (Å²) in [6.07, 6.45) is 3.74. The second-order valence-electron chi connectivity index (χ2n) is 7.57. The Morgan fingerprint density at radius 2 is 2.00 bits per heavy atom. The Morgan fingerprint density at radius 3 is 2.58 bits per heavy atom. The number of rotatable bonds is 2. The lowest BCUT2D eigenvalue weighted by Gasteiger charge is -2.49. The summed E-state index contributed by atoms with van der Waals surface area (Å²) in [4.78, 5) is 12.3. The molecule has 3 rings (SSSR count). The van der Waals surface area contributed by atoms with Crippen molar-refractivity contribution in [3.63, 3.8) is 0 Å². The molecule has 0 aliphatic heterocycles. The number of carbonyl (C=O) groups excluding carboxylic acids is 1. The molecule has 1 N–H and O–H groups in total. The van der Waals surface area contributed by atoms with Gasteiger partial charge in [0.05, 0.1) is 19.1 Å². The van der Waals surface area contributed by atoms with Crippen LogP contribution in [0.4, 0.5) is 0 Å². The highest BCUT2D eigenvalue weighted by Gasteiger charge is 2.73. The molecule has 3 nitrogen and oxygen atoms in total. The second-order valence-corrected chi connectivity index (χ2v) is 7.57. The number of hydrogen-bond acceptors (Lipinski definition) is 3. The third kappa shape index (κ3) is 1.40. The van der Waals surface area contributed by atoms with Crippen LogP contribution in [0, 0.1) is 34.5 Å². The van der Waals surface area contributed by atoms with E-state index >= 15 is 0 Å². The van der Waals surface area contributed by atoms with E-state index in [1.165, 1.54) is 13.5 Å². The zero-order chi connectivity index (χ0) is 14.0. The normalized spacial score (nSPS) is 51.7. The highest BCUT2D eigenvalue weighted by molar-refractivity contribution is 5.75. The topological polar surface area (TPSA) is 46.5 Å². The molecule has 0 heterocycles. The maximum absolute atomic E-state index is 12.3. The molecule has 0 radical (unpaired) electrons. The SMILES string of the molecule is COC(=O)[C@H]1[C@H]2CC[C@H]3[C@]1(C)CC(O)C[C@]23C(C)C. The van der Waals surface area contributed by atoms with Gasteiger partial charge in [0.15, 0.2) is 0 Å². The molecular weight excluding hydrogens is 240 g/mol. The van der Waals surface area contributed by atoms with Crippen LogP contribution in [0.3, 0.4) is 0 Å². The fourth-order valence-corrected chi connectivity index (χ4v) is 6.42. The Labute approximate surface area is 115 Å². The molecule has 0 spiro atoms. The minimum atomic E-state index is -0.251. The fraction of sp³-hybridized carbons (Fsp3) is 0.938. The van der Waals surface area contributed by atoms with Crippen molar-refractivity contribution in [2.45, 2.75) is 52.6 Å². The van der Waals surface area contributed by atoms with Gasteiger partial charge in [0.1, 0.15) is 0 Å². The van der Waals surface area contributed by atoms with Gasteiger partial charge in [-0.15, -0.1) is 0 Å². The predicted molar refractivity (Wildman–Crippen MR) is 72.3 cm³/mol. The van der Waals surface area contributed by atoms with Gasteiger partial charge in [-0.25, -0.2) is 0 Å². The van der Waals surface area contributed by atoms with Crippen LogP contribution in [0.25, 0.3) is 0 Å². The maximum atomic E-state index is 12.3. The molecule has 0 saturated heterocycles. The van der Waals surface area contributed by atoms with Crippen LogP contribution in [0.1, 0.15) is 46.5 Å². The van der Waals surface area contributed by atoms with Crippen LogP contribution in [0.5, 0.6) is 0 Å². The van der Waals surface area contributed by atoms with E-state index in [4.69, 9.17) is 4.74 Å². The van der Waals surface area contributed by atoms with Crippen molar-refractivity contribution in [3.8, 4) is 0 Å². The molecule has 108 valence electrons. The molecule has 0 aromatic carbocycles. The van der Waals surface area contributed by atoms with Crippen molar-refractivity contribution in [3.05, 3.63) is 0 Å². The number of esters is 1. The molecule has 3 saturated carbocycles. The summed E-state index contributed by atoms with van der Waals surface area (Å²) in [6.45, 7) is 6.75.